The highest BCUT2D eigenvalue weighted by molar-refractivity contribution is 6.35. The lowest BCUT2D eigenvalue weighted by atomic mass is 10.0. The minimum Gasteiger partial charge on any atom is -0.396 e. The third kappa shape index (κ3) is 3.46. The number of aliphatic hydroxyl groups excluding tert-OH is 1. The van der Waals surface area contributed by atoms with E-state index in [0.717, 1.165) is 12.0 Å². The third-order valence-electron chi connectivity index (χ3n) is 4.00. The predicted octanol–water partition coefficient (Wildman–Crippen LogP) is 3.23. The molecule has 0 radical (unpaired) electrons. The van der Waals surface area contributed by atoms with Gasteiger partial charge in [0.15, 0.2) is 0 Å². The first kappa shape index (κ1) is 15.6. The van der Waals surface area contributed by atoms with E-state index in [0.29, 0.717) is 10.0 Å². The molecule has 1 fully saturated rings. The minimum atomic E-state index is -0.0329. The van der Waals surface area contributed by atoms with Gasteiger partial charge < -0.3 is 10.4 Å². The number of hydrogen-bond donors (Lipinski definition) is 2. The molecule has 1 aromatic rings. The van der Waals surface area contributed by atoms with Gasteiger partial charge in [-0.05, 0) is 42.9 Å². The Morgan fingerprint density at radius 3 is 2.75 bits per heavy atom. The molecule has 110 valence electrons. The molecule has 1 aromatic carbocycles. The zero-order chi connectivity index (χ0) is 14.9. The summed E-state index contributed by atoms with van der Waals surface area (Å²) in [6.45, 7) is 3.88. The smallest absolute Gasteiger partial charge is 0.223 e. The zero-order valence-electron chi connectivity index (χ0n) is 11.6. The van der Waals surface area contributed by atoms with Gasteiger partial charge in [-0.2, -0.15) is 0 Å². The van der Waals surface area contributed by atoms with Gasteiger partial charge in [0.1, 0.15) is 0 Å². The van der Waals surface area contributed by atoms with Gasteiger partial charge in [0.05, 0.1) is 0 Å². The number of carbonyl (C=O) groups excluding carboxylic acids is 1. The molecule has 2 rings (SSSR count). The Morgan fingerprint density at radius 1 is 1.45 bits per heavy atom. The summed E-state index contributed by atoms with van der Waals surface area (Å²) in [4.78, 5) is 12.1. The lowest BCUT2D eigenvalue weighted by Gasteiger charge is -2.19. The summed E-state index contributed by atoms with van der Waals surface area (Å²) in [6, 6.07) is 5.37. The van der Waals surface area contributed by atoms with Crippen LogP contribution in [0.25, 0.3) is 0 Å². The lowest BCUT2D eigenvalue weighted by Crippen LogP contribution is -2.39. The number of rotatable bonds is 5. The molecule has 5 heteroatoms. The molecule has 1 aliphatic rings. The van der Waals surface area contributed by atoms with Crippen molar-refractivity contribution in [2.45, 2.75) is 32.2 Å². The summed E-state index contributed by atoms with van der Waals surface area (Å²) in [6.07, 6.45) is 0.813. The molecular weight excluding hydrogens is 297 g/mol. The van der Waals surface area contributed by atoms with E-state index in [4.69, 9.17) is 28.3 Å². The van der Waals surface area contributed by atoms with Crippen LogP contribution in [0.5, 0.6) is 0 Å². The summed E-state index contributed by atoms with van der Waals surface area (Å²) in [5, 5.41) is 13.3. The topological polar surface area (TPSA) is 49.3 Å². The minimum absolute atomic E-state index is 0.0259. The van der Waals surface area contributed by atoms with Crippen LogP contribution in [0.1, 0.15) is 31.7 Å². The second-order valence-corrected chi connectivity index (χ2v) is 6.42. The van der Waals surface area contributed by atoms with Gasteiger partial charge in [-0.15, -0.1) is 0 Å². The van der Waals surface area contributed by atoms with Crippen LogP contribution in [0.2, 0.25) is 10.0 Å². The van der Waals surface area contributed by atoms with Crippen LogP contribution in [0.3, 0.4) is 0 Å². The van der Waals surface area contributed by atoms with E-state index < -0.39 is 0 Å². The number of amides is 1. The maximum atomic E-state index is 12.1. The molecule has 4 atom stereocenters. The molecule has 0 spiro atoms. The van der Waals surface area contributed by atoms with Gasteiger partial charge in [0.25, 0.3) is 0 Å². The highest BCUT2D eigenvalue weighted by Gasteiger charge is 2.45. The fourth-order valence-corrected chi connectivity index (χ4v) is 2.81. The van der Waals surface area contributed by atoms with Crippen LogP contribution < -0.4 is 5.32 Å². The molecule has 4 unspecified atom stereocenters. The fraction of sp³-hybridized carbons (Fsp3) is 0.533. The van der Waals surface area contributed by atoms with Crippen molar-refractivity contribution in [1.82, 2.24) is 5.32 Å². The Balaban J connectivity index is 1.96. The monoisotopic (exact) mass is 315 g/mol. The third-order valence-corrected chi connectivity index (χ3v) is 4.56. The Morgan fingerprint density at radius 2 is 2.15 bits per heavy atom. The Labute approximate surface area is 129 Å². The molecule has 0 aromatic heterocycles. The van der Waals surface area contributed by atoms with Crippen molar-refractivity contribution in [3.63, 3.8) is 0 Å². The van der Waals surface area contributed by atoms with E-state index in [1.807, 2.05) is 19.9 Å². The summed E-state index contributed by atoms with van der Waals surface area (Å²) < 4.78 is 0. The summed E-state index contributed by atoms with van der Waals surface area (Å²) in [5.74, 6) is 0.238. The predicted molar refractivity (Wildman–Crippen MR) is 81.2 cm³/mol. The molecule has 1 saturated carbocycles. The standard InChI is InChI=1S/C15H19Cl2NO2/c1-8(7-19)9(2)18-15(20)13-6-12(13)11-4-3-10(16)5-14(11)17/h3-5,8-9,12-13,19H,6-7H2,1-2H3,(H,18,20). The van der Waals surface area contributed by atoms with Crippen molar-refractivity contribution in [2.24, 2.45) is 11.8 Å². The number of hydrogen-bond acceptors (Lipinski definition) is 2. The first-order valence-electron chi connectivity index (χ1n) is 6.80. The van der Waals surface area contributed by atoms with Crippen molar-refractivity contribution < 1.29 is 9.90 Å². The van der Waals surface area contributed by atoms with Gasteiger partial charge in [0, 0.05) is 28.6 Å². The van der Waals surface area contributed by atoms with Crippen LogP contribution >= 0.6 is 23.2 Å². The van der Waals surface area contributed by atoms with E-state index in [1.54, 1.807) is 12.1 Å². The number of aliphatic hydroxyl groups is 1. The van der Waals surface area contributed by atoms with Gasteiger partial charge >= 0.3 is 0 Å². The maximum Gasteiger partial charge on any atom is 0.223 e. The molecule has 1 amide bonds. The van der Waals surface area contributed by atoms with Crippen molar-refractivity contribution >= 4 is 29.1 Å². The second kappa shape index (κ2) is 6.33. The largest absolute Gasteiger partial charge is 0.396 e. The van der Waals surface area contributed by atoms with Gasteiger partial charge in [-0.3, -0.25) is 4.79 Å². The molecule has 0 aliphatic heterocycles. The molecule has 2 N–H and O–H groups in total. The van der Waals surface area contributed by atoms with Crippen molar-refractivity contribution in [3.05, 3.63) is 33.8 Å². The van der Waals surface area contributed by atoms with E-state index in [1.165, 1.54) is 0 Å². The number of benzene rings is 1. The molecule has 20 heavy (non-hydrogen) atoms. The SMILES string of the molecule is CC(CO)C(C)NC(=O)C1CC1c1ccc(Cl)cc1Cl. The average Bonchev–Trinajstić information content (AvgIpc) is 3.17. The van der Waals surface area contributed by atoms with E-state index in [9.17, 15) is 4.79 Å². The van der Waals surface area contributed by atoms with Crippen LogP contribution in [-0.2, 0) is 4.79 Å². The Hall–Kier alpha value is -0.770. The van der Waals surface area contributed by atoms with E-state index >= 15 is 0 Å². The van der Waals surface area contributed by atoms with Crippen molar-refractivity contribution in [3.8, 4) is 0 Å². The van der Waals surface area contributed by atoms with E-state index in [-0.39, 0.29) is 36.3 Å². The van der Waals surface area contributed by atoms with Gasteiger partial charge in [-0.1, -0.05) is 36.2 Å². The number of nitrogens with one attached hydrogen (secondary N) is 1. The van der Waals surface area contributed by atoms with Crippen LogP contribution in [-0.4, -0.2) is 23.7 Å². The highest BCUT2D eigenvalue weighted by Crippen LogP contribution is 2.50. The summed E-state index contributed by atoms with van der Waals surface area (Å²) in [7, 11) is 0. The number of halogens is 2. The van der Waals surface area contributed by atoms with E-state index in [2.05, 4.69) is 5.32 Å². The van der Waals surface area contributed by atoms with Crippen LogP contribution in [0, 0.1) is 11.8 Å². The quantitative estimate of drug-likeness (QED) is 0.876. The molecular formula is C15H19Cl2NO2. The molecule has 0 bridgehead atoms. The second-order valence-electron chi connectivity index (χ2n) is 5.57. The zero-order valence-corrected chi connectivity index (χ0v) is 13.1. The van der Waals surface area contributed by atoms with Crippen molar-refractivity contribution in [1.29, 1.82) is 0 Å². The van der Waals surface area contributed by atoms with Crippen molar-refractivity contribution in [2.75, 3.05) is 6.61 Å². The molecule has 0 heterocycles. The highest BCUT2D eigenvalue weighted by atomic mass is 35.5. The average molecular weight is 316 g/mol. The normalized spacial score (nSPS) is 24.1. The summed E-state index contributed by atoms with van der Waals surface area (Å²) >= 11 is 12.0. The first-order valence-corrected chi connectivity index (χ1v) is 7.55. The molecule has 1 aliphatic carbocycles. The molecule has 0 saturated heterocycles. The van der Waals surface area contributed by atoms with Crippen LogP contribution in [0.15, 0.2) is 18.2 Å². The number of carbonyl (C=O) groups is 1. The Bertz CT molecular complexity index is 507. The maximum absolute atomic E-state index is 12.1. The Kier molecular flexibility index (Phi) is 4.95. The fourth-order valence-electron chi connectivity index (χ4n) is 2.26. The molecule has 3 nitrogen and oxygen atoms in total. The lowest BCUT2D eigenvalue weighted by molar-refractivity contribution is -0.123. The van der Waals surface area contributed by atoms with Gasteiger partial charge in [0.2, 0.25) is 5.91 Å². The first-order chi connectivity index (χ1) is 9.43. The van der Waals surface area contributed by atoms with Crippen LogP contribution in [0.4, 0.5) is 0 Å². The van der Waals surface area contributed by atoms with Gasteiger partial charge in [-0.25, -0.2) is 0 Å². The summed E-state index contributed by atoms with van der Waals surface area (Å²) in [5.41, 5.74) is 0.985.